The highest BCUT2D eigenvalue weighted by Gasteiger charge is 2.54. The number of hydrogen-bond donors (Lipinski definition) is 2. The Bertz CT molecular complexity index is 1430. The van der Waals surface area contributed by atoms with E-state index in [9.17, 15) is 32.3 Å². The number of aliphatic hydroxyl groups is 1. The number of alkyl halides is 2. The van der Waals surface area contributed by atoms with Crippen molar-refractivity contribution in [1.29, 1.82) is 0 Å². The Labute approximate surface area is 226 Å². The molecule has 0 saturated heterocycles. The van der Waals surface area contributed by atoms with Gasteiger partial charge in [-0.1, -0.05) is 35.9 Å². The molecule has 39 heavy (non-hydrogen) atoms. The fourth-order valence-electron chi connectivity index (χ4n) is 5.51. The van der Waals surface area contributed by atoms with E-state index in [1.165, 1.54) is 35.2 Å². The average Bonchev–Trinajstić information content (AvgIpc) is 3.13. The molecule has 1 aromatic heterocycles. The summed E-state index contributed by atoms with van der Waals surface area (Å²) in [5.74, 6) is -3.25. The van der Waals surface area contributed by atoms with Crippen LogP contribution in [0.25, 0.3) is 0 Å². The van der Waals surface area contributed by atoms with Crippen LogP contribution < -0.4 is 10.2 Å². The number of nitrogens with one attached hydrogen (secondary N) is 1. The fourth-order valence-corrected chi connectivity index (χ4v) is 5.67. The Hall–Kier alpha value is -3.50. The molecule has 5 rings (SSSR count). The Kier molecular flexibility index (Phi) is 7.35. The lowest BCUT2D eigenvalue weighted by Crippen LogP contribution is -2.45. The lowest BCUT2D eigenvalue weighted by Gasteiger charge is -2.32. The summed E-state index contributed by atoms with van der Waals surface area (Å²) in [6.45, 7) is 0.153. The van der Waals surface area contributed by atoms with Crippen molar-refractivity contribution in [3.05, 3.63) is 93.8 Å². The average molecular weight is 562 g/mol. The summed E-state index contributed by atoms with van der Waals surface area (Å²) in [5.41, 5.74) is -3.88. The van der Waals surface area contributed by atoms with Crippen LogP contribution in [0, 0.1) is 17.6 Å². The van der Waals surface area contributed by atoms with Crippen LogP contribution in [0.3, 0.4) is 0 Å². The van der Waals surface area contributed by atoms with Crippen molar-refractivity contribution in [3.8, 4) is 0 Å². The molecule has 0 spiro atoms. The lowest BCUT2D eigenvalue weighted by atomic mass is 9.85. The number of carbonyl (C=O) groups is 2. The van der Waals surface area contributed by atoms with Crippen molar-refractivity contribution >= 4 is 29.1 Å². The number of pyridine rings is 1. The Balaban J connectivity index is 1.30. The van der Waals surface area contributed by atoms with Crippen molar-refractivity contribution in [2.24, 2.45) is 5.92 Å². The Morgan fingerprint density at radius 2 is 1.79 bits per heavy atom. The third-order valence-corrected chi connectivity index (χ3v) is 7.63. The maximum absolute atomic E-state index is 15.0. The van der Waals surface area contributed by atoms with Gasteiger partial charge in [-0.15, -0.1) is 0 Å². The van der Waals surface area contributed by atoms with Gasteiger partial charge in [-0.2, -0.15) is 0 Å². The SMILES string of the molecule is O=C(NC1CCC(CN2C(=O)C(O)(c3ccccc3F)c3c(F)cccc32)CC1)c1cc(Cl)cnc1C(F)F. The maximum Gasteiger partial charge on any atom is 0.281 e. The molecule has 0 radical (unpaired) electrons. The second-order valence-electron chi connectivity index (χ2n) is 9.82. The van der Waals surface area contributed by atoms with E-state index in [2.05, 4.69) is 10.3 Å². The number of halogens is 5. The van der Waals surface area contributed by atoms with Crippen molar-refractivity contribution in [2.75, 3.05) is 11.4 Å². The van der Waals surface area contributed by atoms with Gasteiger partial charge in [0.25, 0.3) is 18.2 Å². The van der Waals surface area contributed by atoms with E-state index in [1.54, 1.807) is 0 Å². The van der Waals surface area contributed by atoms with E-state index in [-0.39, 0.29) is 45.9 Å². The molecule has 1 aliphatic carbocycles. The minimum absolute atomic E-state index is 0.0642. The van der Waals surface area contributed by atoms with Gasteiger partial charge in [-0.25, -0.2) is 17.6 Å². The predicted octanol–water partition coefficient (Wildman–Crippen LogP) is 5.52. The first-order chi connectivity index (χ1) is 18.6. The second kappa shape index (κ2) is 10.6. The first kappa shape index (κ1) is 27.1. The topological polar surface area (TPSA) is 82.5 Å². The first-order valence-electron chi connectivity index (χ1n) is 12.4. The Morgan fingerprint density at radius 1 is 1.10 bits per heavy atom. The molecule has 1 saturated carbocycles. The van der Waals surface area contributed by atoms with E-state index in [0.717, 1.165) is 24.4 Å². The number of carbonyl (C=O) groups excluding carboxylic acids is 2. The predicted molar refractivity (Wildman–Crippen MR) is 136 cm³/mol. The summed E-state index contributed by atoms with van der Waals surface area (Å²) in [7, 11) is 0. The number of amides is 2. The van der Waals surface area contributed by atoms with E-state index in [4.69, 9.17) is 11.6 Å². The van der Waals surface area contributed by atoms with E-state index in [0.29, 0.717) is 25.7 Å². The van der Waals surface area contributed by atoms with Gasteiger partial charge in [-0.3, -0.25) is 14.6 Å². The lowest BCUT2D eigenvalue weighted by molar-refractivity contribution is -0.132. The highest BCUT2D eigenvalue weighted by atomic mass is 35.5. The number of anilines is 1. The van der Waals surface area contributed by atoms with Gasteiger partial charge in [-0.05, 0) is 55.9 Å². The molecule has 11 heteroatoms. The normalized spacial score (nSPS) is 22.7. The standard InChI is InChI=1S/C28H24ClF4N3O3/c29-16-12-18(24(25(32)33)34-13-16)26(37)35-17-10-8-15(9-11-17)14-36-22-7-3-6-21(31)23(22)28(39,27(36)38)19-4-1-2-5-20(19)30/h1-7,12-13,15,17,25,39H,8-11,14H2,(H,35,37). The number of fused-ring (bicyclic) bond motifs is 1. The molecule has 1 aliphatic heterocycles. The molecule has 1 unspecified atom stereocenters. The zero-order valence-corrected chi connectivity index (χ0v) is 21.3. The van der Waals surface area contributed by atoms with Crippen LogP contribution in [0.1, 0.15) is 59.3 Å². The van der Waals surface area contributed by atoms with Crippen LogP contribution in [0.15, 0.2) is 54.7 Å². The van der Waals surface area contributed by atoms with Gasteiger partial charge >= 0.3 is 0 Å². The van der Waals surface area contributed by atoms with Crippen molar-refractivity contribution in [1.82, 2.24) is 10.3 Å². The zero-order valence-electron chi connectivity index (χ0n) is 20.5. The number of hydrogen-bond acceptors (Lipinski definition) is 4. The molecule has 2 aliphatic rings. The van der Waals surface area contributed by atoms with Gasteiger partial charge in [0.15, 0.2) is 0 Å². The summed E-state index contributed by atoms with van der Waals surface area (Å²) >= 11 is 5.85. The highest BCUT2D eigenvalue weighted by Crippen LogP contribution is 2.47. The quantitative estimate of drug-likeness (QED) is 0.388. The van der Waals surface area contributed by atoms with Crippen LogP contribution in [0.4, 0.5) is 23.2 Å². The largest absolute Gasteiger partial charge is 0.371 e. The number of nitrogens with zero attached hydrogens (tertiary/aromatic N) is 2. The summed E-state index contributed by atoms with van der Waals surface area (Å²) in [6.07, 6.45) is 0.253. The van der Waals surface area contributed by atoms with Gasteiger partial charge in [0.2, 0.25) is 5.60 Å². The second-order valence-corrected chi connectivity index (χ2v) is 10.3. The number of aromatic nitrogens is 1. The molecule has 2 aromatic carbocycles. The minimum atomic E-state index is -2.94. The molecule has 1 atom stereocenters. The van der Waals surface area contributed by atoms with Crippen LogP contribution in [0.5, 0.6) is 0 Å². The molecule has 2 N–H and O–H groups in total. The van der Waals surface area contributed by atoms with Gasteiger partial charge in [0.1, 0.15) is 17.3 Å². The summed E-state index contributed by atoms with van der Waals surface area (Å²) in [4.78, 5) is 31.1. The number of benzene rings is 2. The number of rotatable bonds is 6. The van der Waals surface area contributed by atoms with Crippen LogP contribution >= 0.6 is 11.6 Å². The van der Waals surface area contributed by atoms with Crippen LogP contribution in [0.2, 0.25) is 5.02 Å². The van der Waals surface area contributed by atoms with E-state index < -0.39 is 41.2 Å². The smallest absolute Gasteiger partial charge is 0.281 e. The van der Waals surface area contributed by atoms with E-state index in [1.807, 2.05) is 0 Å². The third kappa shape index (κ3) is 4.87. The monoisotopic (exact) mass is 561 g/mol. The van der Waals surface area contributed by atoms with Gasteiger partial charge in [0, 0.05) is 24.3 Å². The van der Waals surface area contributed by atoms with Crippen LogP contribution in [-0.2, 0) is 10.4 Å². The molecule has 1 fully saturated rings. The maximum atomic E-state index is 15.0. The molecule has 3 aromatic rings. The van der Waals surface area contributed by atoms with Gasteiger partial charge in [0.05, 0.1) is 21.8 Å². The molecule has 6 nitrogen and oxygen atoms in total. The van der Waals surface area contributed by atoms with Crippen molar-refractivity contribution in [3.63, 3.8) is 0 Å². The fraction of sp³-hybridized carbons (Fsp3) is 0.321. The summed E-state index contributed by atoms with van der Waals surface area (Å²) in [6, 6.07) is 10.1. The highest BCUT2D eigenvalue weighted by molar-refractivity contribution is 6.30. The Morgan fingerprint density at radius 3 is 2.49 bits per heavy atom. The van der Waals surface area contributed by atoms with Gasteiger partial charge < -0.3 is 15.3 Å². The molecule has 204 valence electrons. The summed E-state index contributed by atoms with van der Waals surface area (Å²) in [5, 5.41) is 14.3. The van der Waals surface area contributed by atoms with Crippen molar-refractivity contribution in [2.45, 2.75) is 43.8 Å². The zero-order chi connectivity index (χ0) is 27.9. The van der Waals surface area contributed by atoms with E-state index >= 15 is 0 Å². The molecular weight excluding hydrogens is 538 g/mol. The summed E-state index contributed by atoms with van der Waals surface area (Å²) < 4.78 is 56.3. The molecule has 2 amide bonds. The van der Waals surface area contributed by atoms with Crippen LogP contribution in [-0.4, -0.2) is 34.5 Å². The first-order valence-corrected chi connectivity index (χ1v) is 12.8. The third-order valence-electron chi connectivity index (χ3n) is 7.42. The molecular formula is C28H24ClF4N3O3. The molecule has 2 heterocycles. The van der Waals surface area contributed by atoms with Crippen molar-refractivity contribution < 1.29 is 32.3 Å². The minimum Gasteiger partial charge on any atom is -0.371 e. The molecule has 0 bridgehead atoms.